The lowest BCUT2D eigenvalue weighted by molar-refractivity contribution is 0.311. The van der Waals surface area contributed by atoms with Crippen LogP contribution in [0.3, 0.4) is 0 Å². The Kier molecular flexibility index (Phi) is 6.94. The maximum Gasteiger partial charge on any atom is 0.195 e. The van der Waals surface area contributed by atoms with Crippen LogP contribution in [-0.2, 0) is 6.54 Å². The van der Waals surface area contributed by atoms with Gasteiger partial charge in [-0.15, -0.1) is 0 Å². The number of aryl methyl sites for hydroxylation is 1. The first kappa shape index (κ1) is 20.5. The molecule has 3 aromatic rings. The second-order valence-electron chi connectivity index (χ2n) is 6.48. The predicted octanol–water partition coefficient (Wildman–Crippen LogP) is 3.83. The normalized spacial score (nSPS) is 11.5. The molecular weight excluding hydrogens is 366 g/mol. The molecule has 7 nitrogen and oxygen atoms in total. The molecular formula is C22H29N5O2. The molecule has 3 rings (SSSR count). The molecule has 0 aliphatic rings. The third kappa shape index (κ3) is 4.99. The van der Waals surface area contributed by atoms with Gasteiger partial charge in [-0.2, -0.15) is 0 Å². The Morgan fingerprint density at radius 3 is 2.72 bits per heavy atom. The molecule has 0 aliphatic carbocycles. The molecule has 0 unspecified atom stereocenters. The highest BCUT2D eigenvalue weighted by atomic mass is 16.5. The number of ether oxygens (including phenoxy) is 2. The minimum absolute atomic E-state index is 0.576. The van der Waals surface area contributed by atoms with Crippen molar-refractivity contribution in [1.82, 2.24) is 14.9 Å². The fraction of sp³-hybridized carbons (Fsp3) is 0.364. The van der Waals surface area contributed by atoms with Gasteiger partial charge < -0.3 is 24.7 Å². The number of guanidine groups is 1. The standard InChI is InChI=1S/C22H29N5O2/c1-5-23-22(26-17-11-12-20(28-4)21(15-17)29-6-2)24-13-14-27-16(3)25-18-9-7-8-10-19(18)27/h7-12,15H,5-6,13-14H2,1-4H3,(H2,23,24,26). The summed E-state index contributed by atoms with van der Waals surface area (Å²) in [6.07, 6.45) is 0. The maximum atomic E-state index is 5.66. The zero-order chi connectivity index (χ0) is 20.6. The van der Waals surface area contributed by atoms with Crippen LogP contribution >= 0.6 is 0 Å². The number of anilines is 1. The molecule has 0 fully saturated rings. The second-order valence-corrected chi connectivity index (χ2v) is 6.48. The quantitative estimate of drug-likeness (QED) is 0.448. The molecule has 0 saturated heterocycles. The summed E-state index contributed by atoms with van der Waals surface area (Å²) in [5.41, 5.74) is 3.04. The Morgan fingerprint density at radius 2 is 1.97 bits per heavy atom. The van der Waals surface area contributed by atoms with E-state index in [-0.39, 0.29) is 0 Å². The number of hydrogen-bond acceptors (Lipinski definition) is 4. The van der Waals surface area contributed by atoms with Gasteiger partial charge in [0.05, 0.1) is 31.3 Å². The first-order valence-electron chi connectivity index (χ1n) is 9.94. The zero-order valence-electron chi connectivity index (χ0n) is 17.5. The van der Waals surface area contributed by atoms with Gasteiger partial charge in [-0.3, -0.25) is 4.99 Å². The number of nitrogens with one attached hydrogen (secondary N) is 2. The zero-order valence-corrected chi connectivity index (χ0v) is 17.5. The number of para-hydroxylation sites is 2. The summed E-state index contributed by atoms with van der Waals surface area (Å²) in [6, 6.07) is 13.9. The van der Waals surface area contributed by atoms with E-state index in [0.717, 1.165) is 41.6 Å². The van der Waals surface area contributed by atoms with Crippen LogP contribution < -0.4 is 20.1 Å². The molecule has 29 heavy (non-hydrogen) atoms. The highest BCUT2D eigenvalue weighted by molar-refractivity contribution is 5.93. The van der Waals surface area contributed by atoms with Crippen LogP contribution in [0.25, 0.3) is 11.0 Å². The van der Waals surface area contributed by atoms with E-state index in [9.17, 15) is 0 Å². The van der Waals surface area contributed by atoms with Crippen molar-refractivity contribution < 1.29 is 9.47 Å². The molecule has 154 valence electrons. The van der Waals surface area contributed by atoms with Gasteiger partial charge >= 0.3 is 0 Å². The Labute approximate surface area is 171 Å². The highest BCUT2D eigenvalue weighted by Gasteiger charge is 2.08. The number of aliphatic imine (C=N–C) groups is 1. The molecule has 0 atom stereocenters. The van der Waals surface area contributed by atoms with Crippen LogP contribution in [0.5, 0.6) is 11.5 Å². The fourth-order valence-electron chi connectivity index (χ4n) is 3.21. The minimum atomic E-state index is 0.576. The highest BCUT2D eigenvalue weighted by Crippen LogP contribution is 2.30. The van der Waals surface area contributed by atoms with E-state index in [1.807, 2.05) is 57.2 Å². The van der Waals surface area contributed by atoms with E-state index in [2.05, 4.69) is 26.3 Å². The van der Waals surface area contributed by atoms with Crippen LogP contribution in [0, 0.1) is 6.92 Å². The number of aromatic nitrogens is 2. The van der Waals surface area contributed by atoms with Gasteiger partial charge in [0, 0.05) is 24.8 Å². The molecule has 0 saturated carbocycles. The molecule has 1 aromatic heterocycles. The van der Waals surface area contributed by atoms with Crippen LogP contribution in [0.15, 0.2) is 47.5 Å². The third-order valence-electron chi connectivity index (χ3n) is 4.51. The average Bonchev–Trinajstić information content (AvgIpc) is 3.04. The summed E-state index contributed by atoms with van der Waals surface area (Å²) in [7, 11) is 1.64. The van der Waals surface area contributed by atoms with E-state index in [0.29, 0.717) is 24.7 Å². The molecule has 7 heteroatoms. The minimum Gasteiger partial charge on any atom is -0.493 e. The van der Waals surface area contributed by atoms with Crippen LogP contribution in [0.4, 0.5) is 5.69 Å². The van der Waals surface area contributed by atoms with Crippen LogP contribution in [0.2, 0.25) is 0 Å². The lowest BCUT2D eigenvalue weighted by Gasteiger charge is -2.14. The summed E-state index contributed by atoms with van der Waals surface area (Å²) in [6.45, 7) is 8.76. The number of methoxy groups -OCH3 is 1. The van der Waals surface area contributed by atoms with Crippen molar-refractivity contribution >= 4 is 22.7 Å². The average molecular weight is 396 g/mol. The number of rotatable bonds is 8. The fourth-order valence-corrected chi connectivity index (χ4v) is 3.21. The lowest BCUT2D eigenvalue weighted by atomic mass is 10.2. The first-order chi connectivity index (χ1) is 14.2. The van der Waals surface area contributed by atoms with Crippen molar-refractivity contribution in [3.8, 4) is 11.5 Å². The maximum absolute atomic E-state index is 5.66. The van der Waals surface area contributed by atoms with Crippen LogP contribution in [-0.4, -0.2) is 42.3 Å². The summed E-state index contributed by atoms with van der Waals surface area (Å²) in [5.74, 6) is 3.14. The Morgan fingerprint density at radius 1 is 1.14 bits per heavy atom. The Hall–Kier alpha value is -3.22. The van der Waals surface area contributed by atoms with E-state index in [4.69, 9.17) is 14.5 Å². The van der Waals surface area contributed by atoms with Crippen molar-refractivity contribution in [1.29, 1.82) is 0 Å². The monoisotopic (exact) mass is 395 g/mol. The molecule has 2 N–H and O–H groups in total. The van der Waals surface area contributed by atoms with Crippen molar-refractivity contribution in [2.24, 2.45) is 4.99 Å². The molecule has 0 spiro atoms. The van der Waals surface area contributed by atoms with Crippen molar-refractivity contribution in [3.05, 3.63) is 48.3 Å². The van der Waals surface area contributed by atoms with Crippen molar-refractivity contribution in [2.45, 2.75) is 27.3 Å². The summed E-state index contributed by atoms with van der Waals surface area (Å²) < 4.78 is 13.2. The van der Waals surface area contributed by atoms with Gasteiger partial charge in [0.1, 0.15) is 5.82 Å². The summed E-state index contributed by atoms with van der Waals surface area (Å²) >= 11 is 0. The van der Waals surface area contributed by atoms with E-state index in [1.165, 1.54) is 0 Å². The van der Waals surface area contributed by atoms with Gasteiger partial charge in [0.2, 0.25) is 0 Å². The largest absolute Gasteiger partial charge is 0.493 e. The Balaban J connectivity index is 1.73. The number of benzene rings is 2. The van der Waals surface area contributed by atoms with E-state index in [1.54, 1.807) is 7.11 Å². The number of fused-ring (bicyclic) bond motifs is 1. The molecule has 0 amide bonds. The predicted molar refractivity (Wildman–Crippen MR) is 118 cm³/mol. The Bertz CT molecular complexity index is 980. The summed E-state index contributed by atoms with van der Waals surface area (Å²) in [5, 5.41) is 6.63. The van der Waals surface area contributed by atoms with Gasteiger partial charge in [-0.1, -0.05) is 12.1 Å². The molecule has 1 heterocycles. The van der Waals surface area contributed by atoms with Crippen molar-refractivity contribution in [3.63, 3.8) is 0 Å². The summed E-state index contributed by atoms with van der Waals surface area (Å²) in [4.78, 5) is 9.34. The smallest absolute Gasteiger partial charge is 0.195 e. The topological polar surface area (TPSA) is 72.7 Å². The van der Waals surface area contributed by atoms with Crippen LogP contribution in [0.1, 0.15) is 19.7 Å². The number of hydrogen-bond donors (Lipinski definition) is 2. The molecule has 0 radical (unpaired) electrons. The first-order valence-corrected chi connectivity index (χ1v) is 9.94. The molecule has 0 bridgehead atoms. The van der Waals surface area contributed by atoms with E-state index < -0.39 is 0 Å². The SMILES string of the molecule is CCNC(=NCCn1c(C)nc2ccccc21)Nc1ccc(OC)c(OCC)c1. The van der Waals surface area contributed by atoms with Gasteiger partial charge in [0.15, 0.2) is 17.5 Å². The molecule has 0 aliphatic heterocycles. The molecule has 2 aromatic carbocycles. The second kappa shape index (κ2) is 9.82. The van der Waals surface area contributed by atoms with Gasteiger partial charge in [-0.05, 0) is 45.0 Å². The van der Waals surface area contributed by atoms with E-state index >= 15 is 0 Å². The number of nitrogens with zero attached hydrogens (tertiary/aromatic N) is 3. The lowest BCUT2D eigenvalue weighted by Crippen LogP contribution is -2.31. The third-order valence-corrected chi connectivity index (χ3v) is 4.51. The van der Waals surface area contributed by atoms with Gasteiger partial charge in [0.25, 0.3) is 0 Å². The van der Waals surface area contributed by atoms with Gasteiger partial charge in [-0.25, -0.2) is 4.98 Å². The number of imidazole rings is 1. The van der Waals surface area contributed by atoms with Crippen molar-refractivity contribution in [2.75, 3.05) is 32.1 Å².